The van der Waals surface area contributed by atoms with Crippen LogP contribution in [-0.4, -0.2) is 19.1 Å². The average Bonchev–Trinajstić information content (AvgIpc) is 3.21. The van der Waals surface area contributed by atoms with Gasteiger partial charge in [0, 0.05) is 29.7 Å². The zero-order valence-corrected chi connectivity index (χ0v) is 10.2. The summed E-state index contributed by atoms with van der Waals surface area (Å²) in [6, 6.07) is 8.19. The maximum atomic E-state index is 5.26. The minimum absolute atomic E-state index is 0.675. The van der Waals surface area contributed by atoms with Gasteiger partial charge < -0.3 is 10.1 Å². The van der Waals surface area contributed by atoms with Gasteiger partial charge in [-0.15, -0.1) is 0 Å². The van der Waals surface area contributed by atoms with Gasteiger partial charge in [0.1, 0.15) is 5.75 Å². The third kappa shape index (κ3) is 1.82. The molecule has 0 aliphatic heterocycles. The summed E-state index contributed by atoms with van der Waals surface area (Å²) in [6.45, 7) is 0. The van der Waals surface area contributed by atoms with E-state index in [1.165, 1.54) is 18.5 Å². The number of hydrogen-bond acceptors (Lipinski definition) is 3. The number of hydrogen-bond donors (Lipinski definition) is 1. The summed E-state index contributed by atoms with van der Waals surface area (Å²) in [5, 5.41) is 4.37. The van der Waals surface area contributed by atoms with E-state index in [1.54, 1.807) is 7.11 Å². The summed E-state index contributed by atoms with van der Waals surface area (Å²) in [6.07, 6.45) is 2.55. The van der Waals surface area contributed by atoms with Crippen LogP contribution in [0.3, 0.4) is 0 Å². The van der Waals surface area contributed by atoms with Crippen LogP contribution in [0, 0.1) is 0 Å². The molecule has 0 spiro atoms. The molecule has 0 amide bonds. The Balaban J connectivity index is 2.20. The van der Waals surface area contributed by atoms with Crippen LogP contribution < -0.4 is 10.1 Å². The monoisotopic (exact) mass is 228 g/mol. The first kappa shape index (κ1) is 10.4. The lowest BCUT2D eigenvalue weighted by Crippen LogP contribution is -1.96. The van der Waals surface area contributed by atoms with Crippen molar-refractivity contribution in [3.05, 3.63) is 30.0 Å². The van der Waals surface area contributed by atoms with E-state index in [0.29, 0.717) is 5.92 Å². The first-order valence-corrected chi connectivity index (χ1v) is 5.98. The summed E-state index contributed by atoms with van der Waals surface area (Å²) in [7, 11) is 3.64. The molecular weight excluding hydrogens is 212 g/mol. The van der Waals surface area contributed by atoms with E-state index < -0.39 is 0 Å². The number of nitrogens with one attached hydrogen (secondary N) is 1. The molecule has 3 rings (SSSR count). The lowest BCUT2D eigenvalue weighted by molar-refractivity contribution is 0.415. The van der Waals surface area contributed by atoms with Gasteiger partial charge in [-0.1, -0.05) is 0 Å². The molecule has 1 heterocycles. The van der Waals surface area contributed by atoms with Gasteiger partial charge in [0.15, 0.2) is 0 Å². The van der Waals surface area contributed by atoms with Gasteiger partial charge in [-0.25, -0.2) is 0 Å². The van der Waals surface area contributed by atoms with E-state index in [9.17, 15) is 0 Å². The van der Waals surface area contributed by atoms with E-state index >= 15 is 0 Å². The van der Waals surface area contributed by atoms with Crippen molar-refractivity contribution in [1.29, 1.82) is 0 Å². The number of anilines is 1. The standard InChI is InChI=1S/C14H16N2O/c1-15-14-8-13(9-3-4-9)16-12-6-5-10(17-2)7-11(12)14/h5-9H,3-4H2,1-2H3,(H,15,16). The Morgan fingerprint density at radius 3 is 2.76 bits per heavy atom. The van der Waals surface area contributed by atoms with Crippen molar-refractivity contribution in [2.45, 2.75) is 18.8 Å². The van der Waals surface area contributed by atoms with Gasteiger partial charge in [-0.3, -0.25) is 4.98 Å². The number of pyridine rings is 1. The Morgan fingerprint density at radius 1 is 1.29 bits per heavy atom. The van der Waals surface area contributed by atoms with Crippen LogP contribution in [-0.2, 0) is 0 Å². The quantitative estimate of drug-likeness (QED) is 0.876. The fraction of sp³-hybridized carbons (Fsp3) is 0.357. The predicted molar refractivity (Wildman–Crippen MR) is 69.8 cm³/mol. The Bertz CT molecular complexity index is 561. The summed E-state index contributed by atoms with van der Waals surface area (Å²) in [5.74, 6) is 1.54. The molecule has 1 fully saturated rings. The molecule has 1 aliphatic rings. The molecule has 17 heavy (non-hydrogen) atoms. The smallest absolute Gasteiger partial charge is 0.119 e. The highest BCUT2D eigenvalue weighted by Gasteiger charge is 2.25. The highest BCUT2D eigenvalue weighted by atomic mass is 16.5. The molecule has 2 aromatic rings. The Morgan fingerprint density at radius 2 is 2.12 bits per heavy atom. The molecule has 0 saturated heterocycles. The molecule has 3 heteroatoms. The van der Waals surface area contributed by atoms with Gasteiger partial charge in [0.2, 0.25) is 0 Å². The molecule has 88 valence electrons. The van der Waals surface area contributed by atoms with E-state index in [-0.39, 0.29) is 0 Å². The molecule has 3 nitrogen and oxygen atoms in total. The second kappa shape index (κ2) is 3.91. The Labute approximate surface area is 101 Å². The van der Waals surface area contributed by atoms with Crippen molar-refractivity contribution in [1.82, 2.24) is 4.98 Å². The molecule has 1 aliphatic carbocycles. The van der Waals surface area contributed by atoms with Crippen molar-refractivity contribution in [3.63, 3.8) is 0 Å². The number of rotatable bonds is 3. The van der Waals surface area contributed by atoms with Crippen LogP contribution in [0.5, 0.6) is 5.75 Å². The second-order valence-corrected chi connectivity index (χ2v) is 4.50. The van der Waals surface area contributed by atoms with Gasteiger partial charge in [0.05, 0.1) is 12.6 Å². The molecule has 0 atom stereocenters. The van der Waals surface area contributed by atoms with Gasteiger partial charge in [-0.2, -0.15) is 0 Å². The van der Waals surface area contributed by atoms with E-state index in [0.717, 1.165) is 22.3 Å². The van der Waals surface area contributed by atoms with Crippen LogP contribution >= 0.6 is 0 Å². The number of aromatic nitrogens is 1. The summed E-state index contributed by atoms with van der Waals surface area (Å²) in [4.78, 5) is 4.73. The van der Waals surface area contributed by atoms with Crippen LogP contribution in [0.1, 0.15) is 24.5 Å². The molecule has 1 N–H and O–H groups in total. The van der Waals surface area contributed by atoms with Crippen molar-refractivity contribution < 1.29 is 4.74 Å². The average molecular weight is 228 g/mol. The Hall–Kier alpha value is -1.77. The fourth-order valence-electron chi connectivity index (χ4n) is 2.15. The molecule has 1 aromatic carbocycles. The lowest BCUT2D eigenvalue weighted by Gasteiger charge is -2.10. The van der Waals surface area contributed by atoms with Crippen molar-refractivity contribution >= 4 is 16.6 Å². The number of ether oxygens (including phenoxy) is 1. The van der Waals surface area contributed by atoms with Crippen LogP contribution in [0.15, 0.2) is 24.3 Å². The van der Waals surface area contributed by atoms with Crippen molar-refractivity contribution in [2.24, 2.45) is 0 Å². The maximum absolute atomic E-state index is 5.26. The third-order valence-corrected chi connectivity index (χ3v) is 3.30. The molecule has 0 radical (unpaired) electrons. The minimum atomic E-state index is 0.675. The molecule has 1 aromatic heterocycles. The highest BCUT2D eigenvalue weighted by molar-refractivity contribution is 5.92. The Kier molecular flexibility index (Phi) is 2.39. The molecule has 0 bridgehead atoms. The van der Waals surface area contributed by atoms with Crippen LogP contribution in [0.25, 0.3) is 10.9 Å². The van der Waals surface area contributed by atoms with Gasteiger partial charge >= 0.3 is 0 Å². The lowest BCUT2D eigenvalue weighted by atomic mass is 10.1. The third-order valence-electron chi connectivity index (χ3n) is 3.30. The van der Waals surface area contributed by atoms with Gasteiger partial charge in [-0.05, 0) is 37.1 Å². The molecule has 1 saturated carbocycles. The van der Waals surface area contributed by atoms with E-state index in [1.807, 2.05) is 25.2 Å². The van der Waals surface area contributed by atoms with Gasteiger partial charge in [0.25, 0.3) is 0 Å². The number of methoxy groups -OCH3 is 1. The summed E-state index contributed by atoms with van der Waals surface area (Å²) in [5.41, 5.74) is 3.39. The number of nitrogens with zero attached hydrogens (tertiary/aromatic N) is 1. The van der Waals surface area contributed by atoms with Crippen LogP contribution in [0.4, 0.5) is 5.69 Å². The SMILES string of the molecule is CNc1cc(C2CC2)nc2ccc(OC)cc12. The fourth-order valence-corrected chi connectivity index (χ4v) is 2.15. The summed E-state index contributed by atoms with van der Waals surface area (Å²) >= 11 is 0. The first-order valence-electron chi connectivity index (χ1n) is 5.98. The predicted octanol–water partition coefficient (Wildman–Crippen LogP) is 3.16. The normalized spacial score (nSPS) is 14.9. The topological polar surface area (TPSA) is 34.2 Å². The van der Waals surface area contributed by atoms with Crippen LogP contribution in [0.2, 0.25) is 0 Å². The number of fused-ring (bicyclic) bond motifs is 1. The van der Waals surface area contributed by atoms with Crippen molar-refractivity contribution in [2.75, 3.05) is 19.5 Å². The zero-order chi connectivity index (χ0) is 11.8. The zero-order valence-electron chi connectivity index (χ0n) is 10.2. The van der Waals surface area contributed by atoms with Crippen molar-refractivity contribution in [3.8, 4) is 5.75 Å². The molecule has 0 unspecified atom stereocenters. The van der Waals surface area contributed by atoms with E-state index in [4.69, 9.17) is 9.72 Å². The summed E-state index contributed by atoms with van der Waals surface area (Å²) < 4.78 is 5.26. The largest absolute Gasteiger partial charge is 0.497 e. The van der Waals surface area contributed by atoms with E-state index in [2.05, 4.69) is 11.4 Å². The minimum Gasteiger partial charge on any atom is -0.497 e. The molecular formula is C14H16N2O. The maximum Gasteiger partial charge on any atom is 0.119 e. The first-order chi connectivity index (χ1) is 8.31. The highest BCUT2D eigenvalue weighted by Crippen LogP contribution is 2.41. The number of benzene rings is 1. The second-order valence-electron chi connectivity index (χ2n) is 4.50.